The Morgan fingerprint density at radius 1 is 1.60 bits per heavy atom. The Morgan fingerprint density at radius 3 is 3.27 bits per heavy atom. The van der Waals surface area contributed by atoms with Crippen LogP contribution in [0.1, 0.15) is 0 Å². The number of methoxy groups -OCH3 is 1. The van der Waals surface area contributed by atoms with Gasteiger partial charge in [-0.25, -0.2) is 4.79 Å². The molecule has 0 atom stereocenters. The molecular weight excluding hydrogens is 196 g/mol. The van der Waals surface area contributed by atoms with Crippen molar-refractivity contribution in [2.24, 2.45) is 0 Å². The maximum Gasteiger partial charge on any atom is 0.343 e. The van der Waals surface area contributed by atoms with Crippen LogP contribution in [0, 0.1) is 0 Å². The second kappa shape index (κ2) is 4.00. The Hall–Kier alpha value is -2.04. The molecule has 0 aliphatic carbocycles. The molecule has 78 valence electrons. The normalized spacial score (nSPS) is 10.2. The molecule has 0 fully saturated rings. The third-order valence-corrected chi connectivity index (χ3v) is 2.02. The highest BCUT2D eigenvalue weighted by atomic mass is 16.6. The summed E-state index contributed by atoms with van der Waals surface area (Å²) in [4.78, 5) is 17.9. The highest BCUT2D eigenvalue weighted by Crippen LogP contribution is 2.23. The molecule has 0 aromatic carbocycles. The van der Waals surface area contributed by atoms with Crippen molar-refractivity contribution in [3.63, 3.8) is 0 Å². The lowest BCUT2D eigenvalue weighted by atomic mass is 10.3. The van der Waals surface area contributed by atoms with Crippen molar-refractivity contribution < 1.29 is 14.3 Å². The molecule has 5 nitrogen and oxygen atoms in total. The van der Waals surface area contributed by atoms with Crippen LogP contribution >= 0.6 is 0 Å². The molecule has 0 saturated heterocycles. The van der Waals surface area contributed by atoms with E-state index in [1.54, 1.807) is 18.6 Å². The summed E-state index contributed by atoms with van der Waals surface area (Å²) in [6.45, 7) is -0.0989. The number of pyridine rings is 1. The van der Waals surface area contributed by atoms with Gasteiger partial charge in [0.15, 0.2) is 6.61 Å². The maximum atomic E-state index is 10.9. The van der Waals surface area contributed by atoms with E-state index in [4.69, 9.17) is 4.74 Å². The van der Waals surface area contributed by atoms with Crippen molar-refractivity contribution in [1.82, 2.24) is 9.97 Å². The van der Waals surface area contributed by atoms with Gasteiger partial charge in [-0.15, -0.1) is 0 Å². The number of ether oxygens (including phenoxy) is 2. The number of nitrogens with one attached hydrogen (secondary N) is 1. The Balaban J connectivity index is 2.18. The lowest BCUT2D eigenvalue weighted by Gasteiger charge is -2.01. The Labute approximate surface area is 86.0 Å². The van der Waals surface area contributed by atoms with Gasteiger partial charge in [0.05, 0.1) is 18.0 Å². The molecule has 1 N–H and O–H groups in total. The predicted octanol–water partition coefficient (Wildman–Crippen LogP) is 1.11. The van der Waals surface area contributed by atoms with Crippen LogP contribution in [0.3, 0.4) is 0 Å². The first-order chi connectivity index (χ1) is 7.31. The summed E-state index contributed by atoms with van der Waals surface area (Å²) in [5.74, 6) is 0.191. The predicted molar refractivity (Wildman–Crippen MR) is 53.6 cm³/mol. The van der Waals surface area contributed by atoms with Gasteiger partial charge in [0.2, 0.25) is 0 Å². The van der Waals surface area contributed by atoms with Gasteiger partial charge in [-0.1, -0.05) is 0 Å². The van der Waals surface area contributed by atoms with Crippen LogP contribution in [-0.2, 0) is 9.53 Å². The minimum atomic E-state index is -0.409. The third-order valence-electron chi connectivity index (χ3n) is 2.02. The molecule has 0 spiro atoms. The molecule has 2 aromatic heterocycles. The third kappa shape index (κ3) is 1.90. The average Bonchev–Trinajstić information content (AvgIpc) is 2.69. The van der Waals surface area contributed by atoms with Gasteiger partial charge in [-0.2, -0.15) is 0 Å². The molecule has 2 heterocycles. The van der Waals surface area contributed by atoms with Gasteiger partial charge >= 0.3 is 5.97 Å². The van der Waals surface area contributed by atoms with Crippen LogP contribution < -0.4 is 4.74 Å². The van der Waals surface area contributed by atoms with Crippen molar-refractivity contribution in [2.45, 2.75) is 0 Å². The summed E-state index contributed by atoms with van der Waals surface area (Å²) in [5.41, 5.74) is 0.921. The molecule has 0 amide bonds. The molecule has 15 heavy (non-hydrogen) atoms. The van der Waals surface area contributed by atoms with Gasteiger partial charge in [0.25, 0.3) is 0 Å². The van der Waals surface area contributed by atoms with E-state index in [0.29, 0.717) is 5.75 Å². The molecule has 0 aliphatic rings. The minimum Gasteiger partial charge on any atom is -0.480 e. The SMILES string of the molecule is COC(=O)COc1c[nH]c2ccncc12. The number of fused-ring (bicyclic) bond motifs is 1. The zero-order valence-electron chi connectivity index (χ0n) is 8.19. The first-order valence-electron chi connectivity index (χ1n) is 4.42. The summed E-state index contributed by atoms with van der Waals surface area (Å²) in [5, 5.41) is 0.849. The number of carbonyl (C=O) groups excluding carboxylic acids is 1. The summed E-state index contributed by atoms with van der Waals surface area (Å²) >= 11 is 0. The van der Waals surface area contributed by atoms with E-state index in [-0.39, 0.29) is 6.61 Å². The highest BCUT2D eigenvalue weighted by molar-refractivity contribution is 5.85. The topological polar surface area (TPSA) is 64.2 Å². The number of esters is 1. The van der Waals surface area contributed by atoms with Crippen molar-refractivity contribution in [3.05, 3.63) is 24.7 Å². The molecule has 0 aliphatic heterocycles. The maximum absolute atomic E-state index is 10.9. The largest absolute Gasteiger partial charge is 0.480 e. The second-order valence-corrected chi connectivity index (χ2v) is 2.94. The van der Waals surface area contributed by atoms with E-state index in [2.05, 4.69) is 14.7 Å². The van der Waals surface area contributed by atoms with Crippen LogP contribution in [0.25, 0.3) is 10.9 Å². The number of hydrogen-bond acceptors (Lipinski definition) is 4. The minimum absolute atomic E-state index is 0.0989. The van der Waals surface area contributed by atoms with E-state index in [1.165, 1.54) is 7.11 Å². The zero-order chi connectivity index (χ0) is 10.7. The van der Waals surface area contributed by atoms with E-state index in [0.717, 1.165) is 10.9 Å². The molecule has 0 radical (unpaired) electrons. The number of aromatic nitrogens is 2. The quantitative estimate of drug-likeness (QED) is 0.764. The average molecular weight is 206 g/mol. The summed E-state index contributed by atoms with van der Waals surface area (Å²) in [7, 11) is 1.32. The summed E-state index contributed by atoms with van der Waals surface area (Å²) < 4.78 is 9.74. The van der Waals surface area contributed by atoms with Crippen molar-refractivity contribution >= 4 is 16.9 Å². The number of H-pyrrole nitrogens is 1. The molecule has 0 unspecified atom stereocenters. The second-order valence-electron chi connectivity index (χ2n) is 2.94. The van der Waals surface area contributed by atoms with Gasteiger partial charge in [0.1, 0.15) is 5.75 Å². The lowest BCUT2D eigenvalue weighted by Crippen LogP contribution is -2.12. The van der Waals surface area contributed by atoms with Crippen LogP contribution in [0.15, 0.2) is 24.7 Å². The van der Waals surface area contributed by atoms with Crippen LogP contribution in [-0.4, -0.2) is 29.7 Å². The number of nitrogens with zero attached hydrogens (tertiary/aromatic N) is 1. The van der Waals surface area contributed by atoms with E-state index < -0.39 is 5.97 Å². The monoisotopic (exact) mass is 206 g/mol. The standard InChI is InChI=1S/C10H10N2O3/c1-14-10(13)6-15-9-5-12-8-2-3-11-4-7(8)9/h2-5,12H,6H2,1H3. The Morgan fingerprint density at radius 2 is 2.47 bits per heavy atom. The molecule has 2 rings (SSSR count). The van der Waals surface area contributed by atoms with Crippen molar-refractivity contribution in [1.29, 1.82) is 0 Å². The van der Waals surface area contributed by atoms with Crippen molar-refractivity contribution in [3.8, 4) is 5.75 Å². The van der Waals surface area contributed by atoms with E-state index >= 15 is 0 Å². The van der Waals surface area contributed by atoms with Crippen LogP contribution in [0.5, 0.6) is 5.75 Å². The summed E-state index contributed by atoms with van der Waals surface area (Å²) in [6.07, 6.45) is 5.05. The number of carbonyl (C=O) groups is 1. The Kier molecular flexibility index (Phi) is 2.53. The smallest absolute Gasteiger partial charge is 0.343 e. The van der Waals surface area contributed by atoms with Crippen molar-refractivity contribution in [2.75, 3.05) is 13.7 Å². The molecular formula is C10H10N2O3. The lowest BCUT2D eigenvalue weighted by molar-refractivity contribution is -0.142. The molecule has 0 saturated carbocycles. The van der Waals surface area contributed by atoms with E-state index in [1.807, 2.05) is 6.07 Å². The fourth-order valence-electron chi connectivity index (χ4n) is 1.25. The first-order valence-corrected chi connectivity index (χ1v) is 4.42. The van der Waals surface area contributed by atoms with Gasteiger partial charge < -0.3 is 14.5 Å². The fraction of sp³-hybridized carbons (Fsp3) is 0.200. The van der Waals surface area contributed by atoms with Gasteiger partial charge in [-0.3, -0.25) is 4.98 Å². The fourth-order valence-corrected chi connectivity index (χ4v) is 1.25. The van der Waals surface area contributed by atoms with Gasteiger partial charge in [-0.05, 0) is 6.07 Å². The zero-order valence-corrected chi connectivity index (χ0v) is 8.19. The number of rotatable bonds is 3. The summed E-state index contributed by atoms with van der Waals surface area (Å²) in [6, 6.07) is 1.83. The first kappa shape index (κ1) is 9.51. The van der Waals surface area contributed by atoms with Crippen LogP contribution in [0.2, 0.25) is 0 Å². The molecule has 5 heteroatoms. The highest BCUT2D eigenvalue weighted by Gasteiger charge is 2.06. The van der Waals surface area contributed by atoms with Crippen LogP contribution in [0.4, 0.5) is 0 Å². The molecule has 0 bridgehead atoms. The molecule has 2 aromatic rings. The number of hydrogen-bond donors (Lipinski definition) is 1. The van der Waals surface area contributed by atoms with Gasteiger partial charge in [0, 0.05) is 18.6 Å². The Bertz CT molecular complexity index is 478. The number of aromatic amines is 1. The van der Waals surface area contributed by atoms with E-state index in [9.17, 15) is 4.79 Å².